The number of carbonyl (C=O) groups is 1. The fourth-order valence-electron chi connectivity index (χ4n) is 4.37. The third-order valence-electron chi connectivity index (χ3n) is 6.37. The van der Waals surface area contributed by atoms with Gasteiger partial charge in [0.1, 0.15) is 0 Å². The zero-order valence-electron chi connectivity index (χ0n) is 18.9. The molecule has 0 radical (unpaired) electrons. The minimum atomic E-state index is -0.0553. The van der Waals surface area contributed by atoms with Crippen molar-refractivity contribution in [1.29, 1.82) is 0 Å². The first-order chi connectivity index (χ1) is 16.2. The van der Waals surface area contributed by atoms with E-state index < -0.39 is 0 Å². The van der Waals surface area contributed by atoms with E-state index >= 15 is 0 Å². The van der Waals surface area contributed by atoms with Gasteiger partial charge >= 0.3 is 6.03 Å². The van der Waals surface area contributed by atoms with Crippen LogP contribution in [-0.2, 0) is 6.54 Å². The summed E-state index contributed by atoms with van der Waals surface area (Å²) >= 11 is 0. The zero-order chi connectivity index (χ0) is 22.6. The molecule has 0 unspecified atom stereocenters. The summed E-state index contributed by atoms with van der Waals surface area (Å²) in [5, 5.41) is 4.31. The van der Waals surface area contributed by atoms with Crippen molar-refractivity contribution >= 4 is 6.03 Å². The van der Waals surface area contributed by atoms with Crippen LogP contribution < -0.4 is 0 Å². The van der Waals surface area contributed by atoms with Crippen molar-refractivity contribution in [2.75, 3.05) is 26.2 Å². The molecular weight excluding hydrogens is 408 g/mol. The highest BCUT2D eigenvalue weighted by molar-refractivity contribution is 5.77. The van der Waals surface area contributed by atoms with E-state index in [-0.39, 0.29) is 6.03 Å². The van der Waals surface area contributed by atoms with Crippen molar-refractivity contribution in [2.24, 2.45) is 0 Å². The Hall–Kier alpha value is -3.70. The lowest BCUT2D eigenvalue weighted by molar-refractivity contribution is 0.134. The lowest BCUT2D eigenvalue weighted by Gasteiger charge is -2.34. The predicted octanol–water partition coefficient (Wildman–Crippen LogP) is 5.31. The summed E-state index contributed by atoms with van der Waals surface area (Å²) in [5.74, 6) is 0. The maximum atomic E-state index is 12.9. The normalized spacial score (nSPS) is 14.4. The molecule has 4 aromatic rings. The molecule has 1 fully saturated rings. The van der Waals surface area contributed by atoms with Gasteiger partial charge in [0.05, 0.1) is 6.20 Å². The Morgan fingerprint density at radius 3 is 2.06 bits per heavy atom. The van der Waals surface area contributed by atoms with Crippen LogP contribution in [0.2, 0.25) is 0 Å². The van der Waals surface area contributed by atoms with Crippen LogP contribution in [-0.4, -0.2) is 51.8 Å². The smallest absolute Gasteiger partial charge is 0.320 e. The molecule has 0 spiro atoms. The van der Waals surface area contributed by atoms with Gasteiger partial charge in [-0.15, -0.1) is 0 Å². The Balaban J connectivity index is 1.19. The first-order valence-electron chi connectivity index (χ1n) is 11.4. The van der Waals surface area contributed by atoms with Crippen LogP contribution in [0.15, 0.2) is 91.3 Å². The van der Waals surface area contributed by atoms with Crippen LogP contribution in [0.25, 0.3) is 22.3 Å². The first kappa shape index (κ1) is 21.2. The summed E-state index contributed by atoms with van der Waals surface area (Å²) in [4.78, 5) is 17.3. The molecule has 33 heavy (non-hydrogen) atoms. The Kier molecular flexibility index (Phi) is 6.05. The number of hydrogen-bond donors (Lipinski definition) is 0. The Morgan fingerprint density at radius 1 is 0.788 bits per heavy atom. The molecule has 1 saturated heterocycles. The zero-order valence-corrected chi connectivity index (χ0v) is 18.9. The summed E-state index contributed by atoms with van der Waals surface area (Å²) in [6.45, 7) is 6.23. The van der Waals surface area contributed by atoms with Crippen molar-refractivity contribution < 1.29 is 4.79 Å². The lowest BCUT2D eigenvalue weighted by Crippen LogP contribution is -2.49. The molecule has 166 valence electrons. The molecule has 5 rings (SSSR count). The Bertz CT molecular complexity index is 1230. The van der Waals surface area contributed by atoms with Gasteiger partial charge in [0.15, 0.2) is 0 Å². The number of amides is 1. The van der Waals surface area contributed by atoms with Crippen molar-refractivity contribution in [3.63, 3.8) is 0 Å². The van der Waals surface area contributed by atoms with E-state index in [2.05, 4.69) is 59.4 Å². The first-order valence-corrected chi connectivity index (χ1v) is 11.4. The van der Waals surface area contributed by atoms with E-state index in [9.17, 15) is 4.79 Å². The molecular formula is C28H28N4O. The van der Waals surface area contributed by atoms with Crippen molar-refractivity contribution in [1.82, 2.24) is 19.6 Å². The Labute approximate surface area is 194 Å². The van der Waals surface area contributed by atoms with Gasteiger partial charge in [-0.05, 0) is 34.7 Å². The summed E-state index contributed by atoms with van der Waals surface area (Å²) in [7, 11) is 0. The van der Waals surface area contributed by atoms with Gasteiger partial charge in [-0.1, -0.05) is 78.9 Å². The second-order valence-corrected chi connectivity index (χ2v) is 8.59. The summed E-state index contributed by atoms with van der Waals surface area (Å²) in [5.41, 5.74) is 7.16. The van der Waals surface area contributed by atoms with E-state index in [0.717, 1.165) is 30.8 Å². The molecule has 3 aromatic carbocycles. The summed E-state index contributed by atoms with van der Waals surface area (Å²) in [6, 6.07) is 27.2. The topological polar surface area (TPSA) is 41.4 Å². The Morgan fingerprint density at radius 2 is 1.42 bits per heavy atom. The van der Waals surface area contributed by atoms with Gasteiger partial charge in [0.2, 0.25) is 0 Å². The third kappa shape index (κ3) is 4.73. The minimum Gasteiger partial charge on any atom is -0.320 e. The van der Waals surface area contributed by atoms with Crippen LogP contribution in [0.3, 0.4) is 0 Å². The van der Waals surface area contributed by atoms with Gasteiger partial charge in [-0.2, -0.15) is 9.78 Å². The van der Waals surface area contributed by atoms with Crippen molar-refractivity contribution in [2.45, 2.75) is 13.5 Å². The van der Waals surface area contributed by atoms with Crippen molar-refractivity contribution in [3.05, 3.63) is 102 Å². The maximum Gasteiger partial charge on any atom is 0.344 e. The van der Waals surface area contributed by atoms with Gasteiger partial charge in [-0.25, -0.2) is 4.79 Å². The highest BCUT2D eigenvalue weighted by Gasteiger charge is 2.23. The highest BCUT2D eigenvalue weighted by Crippen LogP contribution is 2.23. The van der Waals surface area contributed by atoms with E-state index in [1.54, 1.807) is 6.20 Å². The number of aryl methyl sites for hydroxylation is 1. The molecule has 0 aliphatic carbocycles. The number of rotatable bonds is 4. The number of hydrogen-bond acceptors (Lipinski definition) is 3. The van der Waals surface area contributed by atoms with Crippen LogP contribution in [0.4, 0.5) is 4.79 Å². The minimum absolute atomic E-state index is 0.0553. The number of piperazine rings is 1. The molecule has 0 bridgehead atoms. The van der Waals surface area contributed by atoms with Gasteiger partial charge < -0.3 is 4.90 Å². The number of benzene rings is 3. The SMILES string of the molecule is Cc1cc(-c2ccccc2)ccc1CN1CCN(C(=O)n2cc(-c3ccccc3)cn2)CC1. The molecule has 0 saturated carbocycles. The summed E-state index contributed by atoms with van der Waals surface area (Å²) < 4.78 is 1.46. The van der Waals surface area contributed by atoms with Crippen LogP contribution in [0.1, 0.15) is 11.1 Å². The summed E-state index contributed by atoms with van der Waals surface area (Å²) in [6.07, 6.45) is 3.58. The monoisotopic (exact) mass is 436 g/mol. The lowest BCUT2D eigenvalue weighted by atomic mass is 9.99. The molecule has 1 aromatic heterocycles. The van der Waals surface area contributed by atoms with Crippen LogP contribution >= 0.6 is 0 Å². The van der Waals surface area contributed by atoms with Gasteiger partial charge in [0.25, 0.3) is 0 Å². The van der Waals surface area contributed by atoms with Crippen LogP contribution in [0.5, 0.6) is 0 Å². The standard InChI is InChI=1S/C28H28N4O/c1-22-18-25(23-8-4-2-5-9-23)12-13-26(22)20-30-14-16-31(17-15-30)28(33)32-21-27(19-29-32)24-10-6-3-7-11-24/h2-13,18-19,21H,14-17,20H2,1H3. The second-order valence-electron chi connectivity index (χ2n) is 8.59. The number of nitrogens with zero attached hydrogens (tertiary/aromatic N) is 4. The average Bonchev–Trinajstić information content (AvgIpc) is 3.37. The molecule has 1 amide bonds. The fourth-order valence-corrected chi connectivity index (χ4v) is 4.37. The third-order valence-corrected chi connectivity index (χ3v) is 6.37. The van der Waals surface area contributed by atoms with E-state index in [1.165, 1.54) is 26.9 Å². The van der Waals surface area contributed by atoms with E-state index in [4.69, 9.17) is 0 Å². The average molecular weight is 437 g/mol. The number of carbonyl (C=O) groups excluding carboxylic acids is 1. The molecule has 5 nitrogen and oxygen atoms in total. The molecule has 1 aliphatic heterocycles. The molecule has 1 aliphatic rings. The second kappa shape index (κ2) is 9.43. The largest absolute Gasteiger partial charge is 0.344 e. The van der Waals surface area contributed by atoms with E-state index in [1.807, 2.05) is 47.5 Å². The van der Waals surface area contributed by atoms with E-state index in [0.29, 0.717) is 13.1 Å². The maximum absolute atomic E-state index is 12.9. The number of aromatic nitrogens is 2. The highest BCUT2D eigenvalue weighted by atomic mass is 16.2. The fraction of sp³-hybridized carbons (Fsp3) is 0.214. The molecule has 5 heteroatoms. The molecule has 0 atom stereocenters. The van der Waals surface area contributed by atoms with Gasteiger partial charge in [-0.3, -0.25) is 4.90 Å². The van der Waals surface area contributed by atoms with Gasteiger partial charge in [0, 0.05) is 44.5 Å². The molecule has 0 N–H and O–H groups in total. The molecule has 2 heterocycles. The quantitative estimate of drug-likeness (QED) is 0.435. The van der Waals surface area contributed by atoms with Crippen LogP contribution in [0, 0.1) is 6.92 Å². The predicted molar refractivity (Wildman–Crippen MR) is 132 cm³/mol. The van der Waals surface area contributed by atoms with Crippen molar-refractivity contribution in [3.8, 4) is 22.3 Å².